The molecule has 0 aliphatic rings. The summed E-state index contributed by atoms with van der Waals surface area (Å²) in [6, 6.07) is 32.4. The van der Waals surface area contributed by atoms with E-state index >= 15 is 0 Å². The van der Waals surface area contributed by atoms with Gasteiger partial charge in [-0.3, -0.25) is 4.98 Å². The summed E-state index contributed by atoms with van der Waals surface area (Å²) in [5.74, 6) is 0. The van der Waals surface area contributed by atoms with Gasteiger partial charge in [-0.2, -0.15) is 0 Å². The Morgan fingerprint density at radius 1 is 0.581 bits per heavy atom. The van der Waals surface area contributed by atoms with Crippen LogP contribution in [0.2, 0.25) is 0 Å². The van der Waals surface area contributed by atoms with Gasteiger partial charge >= 0.3 is 0 Å². The van der Waals surface area contributed by atoms with E-state index in [9.17, 15) is 0 Å². The van der Waals surface area contributed by atoms with Gasteiger partial charge in [0.1, 0.15) is 5.01 Å². The van der Waals surface area contributed by atoms with Gasteiger partial charge in [0.05, 0.1) is 5.69 Å². The third kappa shape index (κ3) is 3.11. The molecule has 146 valence electrons. The Labute approximate surface area is 184 Å². The number of thiazole rings is 1. The summed E-state index contributed by atoms with van der Waals surface area (Å²) in [6.45, 7) is 0. The first-order valence-corrected chi connectivity index (χ1v) is 11.1. The van der Waals surface area contributed by atoms with Crippen LogP contribution in [0.4, 0.5) is 0 Å². The maximum atomic E-state index is 4.72. The van der Waals surface area contributed by atoms with E-state index in [1.165, 1.54) is 38.2 Å². The van der Waals surface area contributed by atoms with Crippen molar-refractivity contribution in [2.24, 2.45) is 0 Å². The average molecular weight is 415 g/mol. The molecule has 0 atom stereocenters. The summed E-state index contributed by atoms with van der Waals surface area (Å²) in [4.78, 5) is 9.11. The molecule has 3 heteroatoms. The lowest BCUT2D eigenvalue weighted by atomic mass is 9.88. The molecule has 6 rings (SSSR count). The van der Waals surface area contributed by atoms with Crippen molar-refractivity contribution in [1.29, 1.82) is 0 Å². The van der Waals surface area contributed by atoms with Crippen LogP contribution in [0.5, 0.6) is 0 Å². The molecule has 0 spiro atoms. The van der Waals surface area contributed by atoms with Crippen LogP contribution in [-0.2, 0) is 0 Å². The second kappa shape index (κ2) is 7.46. The van der Waals surface area contributed by atoms with Crippen molar-refractivity contribution in [3.05, 3.63) is 109 Å². The van der Waals surface area contributed by atoms with Crippen LogP contribution in [0, 0.1) is 0 Å². The lowest BCUT2D eigenvalue weighted by Gasteiger charge is -2.16. The SMILES string of the molecule is c1ccc2c(-c3c(-c4ccc(-c5nccs5)nc4)ccc4ccccc34)cccc2c1. The fourth-order valence-corrected chi connectivity index (χ4v) is 4.89. The molecule has 0 radical (unpaired) electrons. The Morgan fingerprint density at radius 3 is 2.13 bits per heavy atom. The van der Waals surface area contributed by atoms with Crippen molar-refractivity contribution in [3.63, 3.8) is 0 Å². The molecule has 0 amide bonds. The minimum absolute atomic E-state index is 0.909. The average Bonchev–Trinajstić information content (AvgIpc) is 3.38. The van der Waals surface area contributed by atoms with Crippen molar-refractivity contribution in [3.8, 4) is 33.0 Å². The monoisotopic (exact) mass is 414 g/mol. The van der Waals surface area contributed by atoms with E-state index in [2.05, 4.69) is 96.0 Å². The van der Waals surface area contributed by atoms with Crippen LogP contribution in [0.25, 0.3) is 54.5 Å². The summed E-state index contributed by atoms with van der Waals surface area (Å²) >= 11 is 1.61. The highest BCUT2D eigenvalue weighted by Gasteiger charge is 2.15. The van der Waals surface area contributed by atoms with Gasteiger partial charge < -0.3 is 0 Å². The highest BCUT2D eigenvalue weighted by molar-refractivity contribution is 7.13. The van der Waals surface area contributed by atoms with Gasteiger partial charge in [-0.15, -0.1) is 11.3 Å². The predicted molar refractivity (Wildman–Crippen MR) is 131 cm³/mol. The van der Waals surface area contributed by atoms with Gasteiger partial charge in [0.25, 0.3) is 0 Å². The Morgan fingerprint density at radius 2 is 1.35 bits per heavy atom. The highest BCUT2D eigenvalue weighted by atomic mass is 32.1. The number of rotatable bonds is 3. The van der Waals surface area contributed by atoms with Crippen molar-refractivity contribution in [2.45, 2.75) is 0 Å². The molecular formula is C28H18N2S. The highest BCUT2D eigenvalue weighted by Crippen LogP contribution is 2.41. The molecule has 2 nitrogen and oxygen atoms in total. The molecule has 0 fully saturated rings. The lowest BCUT2D eigenvalue weighted by Crippen LogP contribution is -1.91. The summed E-state index contributed by atoms with van der Waals surface area (Å²) < 4.78 is 0. The molecule has 0 bridgehead atoms. The van der Waals surface area contributed by atoms with Crippen LogP contribution < -0.4 is 0 Å². The van der Waals surface area contributed by atoms with E-state index < -0.39 is 0 Å². The topological polar surface area (TPSA) is 25.8 Å². The van der Waals surface area contributed by atoms with Crippen LogP contribution >= 0.6 is 11.3 Å². The minimum atomic E-state index is 0.909. The number of hydrogen-bond acceptors (Lipinski definition) is 3. The number of fused-ring (bicyclic) bond motifs is 2. The zero-order chi connectivity index (χ0) is 20.6. The lowest BCUT2D eigenvalue weighted by molar-refractivity contribution is 1.29. The predicted octanol–water partition coefficient (Wildman–Crippen LogP) is 7.85. The van der Waals surface area contributed by atoms with Crippen molar-refractivity contribution >= 4 is 32.9 Å². The zero-order valence-corrected chi connectivity index (χ0v) is 17.5. The van der Waals surface area contributed by atoms with Gasteiger partial charge in [0.2, 0.25) is 0 Å². The Hall–Kier alpha value is -3.82. The first-order valence-electron chi connectivity index (χ1n) is 10.2. The number of hydrogen-bond donors (Lipinski definition) is 0. The van der Waals surface area contributed by atoms with E-state index in [0.717, 1.165) is 16.3 Å². The maximum Gasteiger partial charge on any atom is 0.141 e. The van der Waals surface area contributed by atoms with Gasteiger partial charge in [-0.05, 0) is 44.3 Å². The minimum Gasteiger partial charge on any atom is -0.253 e. The van der Waals surface area contributed by atoms with Crippen molar-refractivity contribution in [1.82, 2.24) is 9.97 Å². The second-order valence-corrected chi connectivity index (χ2v) is 8.40. The third-order valence-corrected chi connectivity index (χ3v) is 6.51. The van der Waals surface area contributed by atoms with E-state index in [1.807, 2.05) is 17.8 Å². The standard InChI is InChI=1S/C28H18N2S/c1-3-9-22-19(6-1)8-5-11-25(22)27-23-10-4-2-7-20(23)12-14-24(27)21-13-15-26(30-18-21)28-29-16-17-31-28/h1-18H. The Kier molecular flexibility index (Phi) is 4.33. The van der Waals surface area contributed by atoms with Crippen LogP contribution in [0.3, 0.4) is 0 Å². The van der Waals surface area contributed by atoms with E-state index in [4.69, 9.17) is 4.98 Å². The van der Waals surface area contributed by atoms with Crippen LogP contribution in [0.15, 0.2) is 109 Å². The molecule has 31 heavy (non-hydrogen) atoms. The van der Waals surface area contributed by atoms with E-state index in [-0.39, 0.29) is 0 Å². The number of aromatic nitrogens is 2. The summed E-state index contributed by atoms with van der Waals surface area (Å²) in [5.41, 5.74) is 5.70. The number of benzene rings is 4. The summed E-state index contributed by atoms with van der Waals surface area (Å²) in [7, 11) is 0. The Bertz CT molecular complexity index is 1510. The molecule has 2 heterocycles. The third-order valence-electron chi connectivity index (χ3n) is 5.71. The molecule has 0 unspecified atom stereocenters. The molecule has 6 aromatic rings. The number of nitrogens with zero attached hydrogens (tertiary/aromatic N) is 2. The quantitative estimate of drug-likeness (QED) is 0.295. The van der Waals surface area contributed by atoms with E-state index in [0.29, 0.717) is 0 Å². The first-order chi connectivity index (χ1) is 15.4. The first kappa shape index (κ1) is 18.0. The largest absolute Gasteiger partial charge is 0.253 e. The molecule has 4 aromatic carbocycles. The summed E-state index contributed by atoms with van der Waals surface area (Å²) in [6.07, 6.45) is 3.78. The van der Waals surface area contributed by atoms with Crippen molar-refractivity contribution < 1.29 is 0 Å². The van der Waals surface area contributed by atoms with Gasteiger partial charge in [0, 0.05) is 23.3 Å². The molecule has 0 aliphatic heterocycles. The fourth-order valence-electron chi connectivity index (χ4n) is 4.28. The second-order valence-electron chi connectivity index (χ2n) is 7.51. The molecular weight excluding hydrogens is 396 g/mol. The van der Waals surface area contributed by atoms with Crippen molar-refractivity contribution in [2.75, 3.05) is 0 Å². The summed E-state index contributed by atoms with van der Waals surface area (Å²) in [5, 5.41) is 7.92. The Balaban J connectivity index is 1.62. The van der Waals surface area contributed by atoms with Gasteiger partial charge in [-0.25, -0.2) is 4.98 Å². The molecule has 0 saturated heterocycles. The van der Waals surface area contributed by atoms with Crippen LogP contribution in [0.1, 0.15) is 0 Å². The molecule has 0 saturated carbocycles. The molecule has 0 aliphatic carbocycles. The molecule has 2 aromatic heterocycles. The van der Waals surface area contributed by atoms with Gasteiger partial charge in [0.15, 0.2) is 0 Å². The molecule has 0 N–H and O–H groups in total. The zero-order valence-electron chi connectivity index (χ0n) is 16.7. The smallest absolute Gasteiger partial charge is 0.141 e. The van der Waals surface area contributed by atoms with Crippen LogP contribution in [-0.4, -0.2) is 9.97 Å². The van der Waals surface area contributed by atoms with E-state index in [1.54, 1.807) is 11.3 Å². The normalized spacial score (nSPS) is 11.2. The van der Waals surface area contributed by atoms with Gasteiger partial charge in [-0.1, -0.05) is 84.9 Å². The number of pyridine rings is 1. The maximum absolute atomic E-state index is 4.72. The fraction of sp³-hybridized carbons (Fsp3) is 0.